The normalized spacial score (nSPS) is 12.9. The van der Waals surface area contributed by atoms with Crippen molar-refractivity contribution < 1.29 is 23.9 Å². The molecule has 2 atom stereocenters. The van der Waals surface area contributed by atoms with Gasteiger partial charge in [0, 0.05) is 50.9 Å². The molecule has 0 radical (unpaired) electrons. The number of aromatic nitrogens is 2. The summed E-state index contributed by atoms with van der Waals surface area (Å²) in [4.78, 5) is 48.0. The van der Waals surface area contributed by atoms with E-state index in [1.54, 1.807) is 72.6 Å². The van der Waals surface area contributed by atoms with Gasteiger partial charge < -0.3 is 25.4 Å². The molecule has 5 aromatic rings. The van der Waals surface area contributed by atoms with Crippen molar-refractivity contribution in [3.63, 3.8) is 0 Å². The lowest BCUT2D eigenvalue weighted by atomic mass is 10.0. The minimum Gasteiger partial charge on any atom is -0.496 e. The summed E-state index contributed by atoms with van der Waals surface area (Å²) in [5.74, 6) is 0.307. The number of anilines is 2. The number of hydrogen-bond acceptors (Lipinski definition) is 10. The predicted molar refractivity (Wildman–Crippen MR) is 188 cm³/mol. The van der Waals surface area contributed by atoms with Crippen LogP contribution < -0.4 is 25.8 Å². The van der Waals surface area contributed by atoms with Gasteiger partial charge in [0.2, 0.25) is 5.91 Å². The molecule has 2 unspecified atom stereocenters. The number of halogens is 2. The minimum atomic E-state index is -0.848. The van der Waals surface area contributed by atoms with E-state index < -0.39 is 12.1 Å². The van der Waals surface area contributed by atoms with Crippen LogP contribution in [0.3, 0.4) is 0 Å². The van der Waals surface area contributed by atoms with Crippen LogP contribution in [0.4, 0.5) is 10.3 Å². The van der Waals surface area contributed by atoms with Crippen molar-refractivity contribution in [2.24, 2.45) is 5.73 Å². The van der Waals surface area contributed by atoms with Gasteiger partial charge in [-0.05, 0) is 29.8 Å². The number of benzene rings is 3. The van der Waals surface area contributed by atoms with Gasteiger partial charge in [-0.2, -0.15) is 0 Å². The maximum absolute atomic E-state index is 13.2. The van der Waals surface area contributed by atoms with Crippen LogP contribution in [-0.4, -0.2) is 46.8 Å². The summed E-state index contributed by atoms with van der Waals surface area (Å²) in [6, 6.07) is 18.4. The zero-order valence-corrected chi connectivity index (χ0v) is 29.1. The molecule has 3 aromatic carbocycles. The van der Waals surface area contributed by atoms with Crippen LogP contribution in [0.1, 0.15) is 39.1 Å². The van der Waals surface area contributed by atoms with E-state index in [1.165, 1.54) is 22.7 Å². The Labute approximate surface area is 293 Å². The first kappa shape index (κ1) is 35.5. The summed E-state index contributed by atoms with van der Waals surface area (Å²) in [5, 5.41) is 10.1. The highest BCUT2D eigenvalue weighted by Crippen LogP contribution is 2.37. The number of ether oxygens (including phenoxy) is 2. The van der Waals surface area contributed by atoms with Gasteiger partial charge in [-0.3, -0.25) is 19.7 Å². The van der Waals surface area contributed by atoms with Crippen LogP contribution in [0.5, 0.6) is 11.5 Å². The molecule has 0 saturated heterocycles. The highest BCUT2D eigenvalue weighted by Gasteiger charge is 2.39. The molecule has 0 aliphatic carbocycles. The Balaban J connectivity index is 0.000000229. The summed E-state index contributed by atoms with van der Waals surface area (Å²) in [5.41, 5.74) is 8.67. The number of hydrogen-bond donors (Lipinski definition) is 3. The van der Waals surface area contributed by atoms with Gasteiger partial charge in [-0.25, -0.2) is 9.97 Å². The first-order valence-corrected chi connectivity index (χ1v) is 16.4. The third kappa shape index (κ3) is 8.34. The molecule has 244 valence electrons. The summed E-state index contributed by atoms with van der Waals surface area (Å²) in [6.45, 7) is 0.343. The molecule has 0 bridgehead atoms. The van der Waals surface area contributed by atoms with E-state index in [2.05, 4.69) is 36.5 Å². The zero-order valence-electron chi connectivity index (χ0n) is 25.1. The lowest BCUT2D eigenvalue weighted by Gasteiger charge is -2.28. The topological polar surface area (TPSA) is 149 Å². The Morgan fingerprint density at radius 2 is 1.43 bits per heavy atom. The first-order chi connectivity index (χ1) is 22.3. The molecule has 4 N–H and O–H groups in total. The van der Waals surface area contributed by atoms with Crippen LogP contribution in [0.15, 0.2) is 94.4 Å². The second kappa shape index (κ2) is 16.5. The Kier molecular flexibility index (Phi) is 12.4. The molecule has 15 heteroatoms. The number of nitrogens with zero attached hydrogens (tertiary/aromatic N) is 3. The number of amides is 3. The lowest BCUT2D eigenvalue weighted by Crippen LogP contribution is -2.37. The highest BCUT2D eigenvalue weighted by atomic mass is 79.9. The van der Waals surface area contributed by atoms with Gasteiger partial charge in [-0.15, -0.1) is 35.1 Å². The summed E-state index contributed by atoms with van der Waals surface area (Å²) in [6.07, 6.45) is 3.24. The van der Waals surface area contributed by atoms with Crippen LogP contribution >= 0.6 is 51.0 Å². The molecule has 11 nitrogen and oxygen atoms in total. The van der Waals surface area contributed by atoms with Gasteiger partial charge in [-0.1, -0.05) is 58.4 Å². The van der Waals surface area contributed by atoms with Gasteiger partial charge in [0.15, 0.2) is 10.3 Å². The number of methoxy groups -OCH3 is 2. The van der Waals surface area contributed by atoms with Crippen molar-refractivity contribution in [1.82, 2.24) is 14.9 Å². The number of nitrogens with two attached hydrogens (primary N) is 1. The Bertz CT molecular complexity index is 1830. The zero-order chi connectivity index (χ0) is 32.6. The Hall–Kier alpha value is -4.34. The number of thiazole rings is 2. The van der Waals surface area contributed by atoms with Gasteiger partial charge >= 0.3 is 0 Å². The van der Waals surface area contributed by atoms with E-state index in [4.69, 9.17) is 15.2 Å². The Morgan fingerprint density at radius 1 is 0.872 bits per heavy atom. The largest absolute Gasteiger partial charge is 0.496 e. The fourth-order valence-electron chi connectivity index (χ4n) is 4.84. The molecule has 2 aromatic heterocycles. The molecule has 3 amide bonds. The van der Waals surface area contributed by atoms with Crippen LogP contribution in [0.25, 0.3) is 0 Å². The highest BCUT2D eigenvalue weighted by molar-refractivity contribution is 9.10. The average Bonchev–Trinajstić information content (AvgIpc) is 3.85. The number of fused-ring (bicyclic) bond motifs is 1. The standard InChI is InChI=1S/C20H16BrN3O3S.C12H13N3O2S.ClH/c1-27-16-5-3-2-4-14(16)17(18(25)23-20-22-8-9-28-20)24-11-12-6-7-13(21)10-15(12)19(24)26;1-17-9-5-3-2-4-8(9)10(13)11(16)15-12-14-6-7-18-12;/h2-10,17H,11H2,1H3,(H,22,23,25);2-7,10H,13H2,1H3,(H,14,15,16);1H. The third-order valence-electron chi connectivity index (χ3n) is 6.98. The van der Waals surface area contributed by atoms with Crippen molar-refractivity contribution in [1.29, 1.82) is 0 Å². The van der Waals surface area contributed by atoms with Gasteiger partial charge in [0.1, 0.15) is 23.6 Å². The predicted octanol–water partition coefficient (Wildman–Crippen LogP) is 6.46. The van der Waals surface area contributed by atoms with Gasteiger partial charge in [0.25, 0.3) is 11.8 Å². The van der Waals surface area contributed by atoms with E-state index in [0.29, 0.717) is 45.0 Å². The van der Waals surface area contributed by atoms with E-state index in [1.807, 2.05) is 36.4 Å². The molecular formula is C32H30BrClN6O5S2. The maximum Gasteiger partial charge on any atom is 0.255 e. The van der Waals surface area contributed by atoms with E-state index in [9.17, 15) is 14.4 Å². The van der Waals surface area contributed by atoms with Crippen LogP contribution in [-0.2, 0) is 16.1 Å². The van der Waals surface area contributed by atoms with Crippen molar-refractivity contribution in [2.45, 2.75) is 18.6 Å². The van der Waals surface area contributed by atoms with E-state index in [-0.39, 0.29) is 30.1 Å². The number of nitrogens with one attached hydrogen (secondary N) is 2. The third-order valence-corrected chi connectivity index (χ3v) is 8.85. The average molecular weight is 758 g/mol. The second-order valence-electron chi connectivity index (χ2n) is 9.75. The monoisotopic (exact) mass is 756 g/mol. The smallest absolute Gasteiger partial charge is 0.255 e. The molecule has 0 spiro atoms. The fraction of sp³-hybridized carbons (Fsp3) is 0.156. The molecule has 1 aliphatic heterocycles. The summed E-state index contributed by atoms with van der Waals surface area (Å²) >= 11 is 6.08. The van der Waals surface area contributed by atoms with E-state index >= 15 is 0 Å². The molecular weight excluding hydrogens is 728 g/mol. The number of rotatable bonds is 9. The first-order valence-electron chi connectivity index (χ1n) is 13.8. The quantitative estimate of drug-likeness (QED) is 0.155. The number of carbonyl (C=O) groups is 3. The molecule has 0 saturated carbocycles. The Morgan fingerprint density at radius 3 is 2.00 bits per heavy atom. The summed E-state index contributed by atoms with van der Waals surface area (Å²) in [7, 11) is 3.09. The molecule has 47 heavy (non-hydrogen) atoms. The molecule has 6 rings (SSSR count). The summed E-state index contributed by atoms with van der Waals surface area (Å²) < 4.78 is 11.5. The maximum atomic E-state index is 13.2. The van der Waals surface area contributed by atoms with Crippen molar-refractivity contribution >= 4 is 79.0 Å². The second-order valence-corrected chi connectivity index (χ2v) is 12.5. The number of para-hydroxylation sites is 2. The lowest BCUT2D eigenvalue weighted by molar-refractivity contribution is -0.121. The van der Waals surface area contributed by atoms with E-state index in [0.717, 1.165) is 10.0 Å². The SMILES string of the molecule is COc1ccccc1C(C(=O)Nc1nccs1)N1Cc2ccc(Br)cc2C1=O.COc1ccccc1C(N)C(=O)Nc1nccs1.Cl. The fourth-order valence-corrected chi connectivity index (χ4v) is 6.26. The molecule has 1 aliphatic rings. The van der Waals surface area contributed by atoms with Crippen LogP contribution in [0.2, 0.25) is 0 Å². The van der Waals surface area contributed by atoms with Crippen LogP contribution in [0, 0.1) is 0 Å². The van der Waals surface area contributed by atoms with Crippen molar-refractivity contribution in [2.75, 3.05) is 24.9 Å². The minimum absolute atomic E-state index is 0. The molecule has 0 fully saturated rings. The molecule has 3 heterocycles. The van der Waals surface area contributed by atoms with Crippen molar-refractivity contribution in [3.05, 3.63) is 117 Å². The van der Waals surface area contributed by atoms with Gasteiger partial charge in [0.05, 0.1) is 14.2 Å². The van der Waals surface area contributed by atoms with Crippen molar-refractivity contribution in [3.8, 4) is 11.5 Å². The number of carbonyl (C=O) groups excluding carboxylic acids is 3.